The zero-order valence-electron chi connectivity index (χ0n) is 11.5. The van der Waals surface area contributed by atoms with E-state index in [1.54, 1.807) is 0 Å². The molecule has 0 bridgehead atoms. The molecular weight excluding hydrogens is 312 g/mol. The Morgan fingerprint density at radius 3 is 2.75 bits per heavy atom. The van der Waals surface area contributed by atoms with Crippen LogP contribution in [0.2, 0.25) is 0 Å². The molecule has 0 aliphatic rings. The van der Waals surface area contributed by atoms with Crippen molar-refractivity contribution in [3.05, 3.63) is 64.4 Å². The molecule has 1 aromatic carbocycles. The third kappa shape index (κ3) is 2.41. The maximum absolute atomic E-state index is 4.44. The summed E-state index contributed by atoms with van der Waals surface area (Å²) in [6, 6.07) is 12.3. The van der Waals surface area contributed by atoms with Crippen LogP contribution >= 0.6 is 15.9 Å². The van der Waals surface area contributed by atoms with E-state index in [1.165, 1.54) is 22.0 Å². The molecule has 2 nitrogen and oxygen atoms in total. The number of hydrogen-bond donors (Lipinski definition) is 0. The Morgan fingerprint density at radius 1 is 1.20 bits per heavy atom. The predicted octanol–water partition coefficient (Wildman–Crippen LogP) is 5.21. The first-order valence-corrected chi connectivity index (χ1v) is 7.31. The topological polar surface area (TPSA) is 17.8 Å². The molecule has 0 amide bonds. The first-order valence-electron chi connectivity index (χ1n) is 6.52. The number of nitrogens with zero attached hydrogens (tertiary/aromatic N) is 2. The van der Waals surface area contributed by atoms with Crippen molar-refractivity contribution in [1.82, 2.24) is 9.55 Å². The standard InChI is InChI=1S/C17H15BrN2/c1-12(2)9-13-11-20(17-5-3-4-8-19-17)16-7-6-14(18)10-15(13)16/h3-11H,1-2H3. The number of pyridine rings is 1. The Bertz CT molecular complexity index is 781. The summed E-state index contributed by atoms with van der Waals surface area (Å²) in [7, 11) is 0. The molecule has 0 saturated carbocycles. The Labute approximate surface area is 126 Å². The van der Waals surface area contributed by atoms with Gasteiger partial charge in [-0.15, -0.1) is 0 Å². The summed E-state index contributed by atoms with van der Waals surface area (Å²) in [4.78, 5) is 4.44. The van der Waals surface area contributed by atoms with Gasteiger partial charge in [-0.3, -0.25) is 0 Å². The van der Waals surface area contributed by atoms with Gasteiger partial charge in [0.25, 0.3) is 0 Å². The lowest BCUT2D eigenvalue weighted by atomic mass is 10.1. The summed E-state index contributed by atoms with van der Waals surface area (Å²) in [5.74, 6) is 0.938. The molecular formula is C17H15BrN2. The van der Waals surface area contributed by atoms with Crippen LogP contribution in [0.25, 0.3) is 22.8 Å². The summed E-state index contributed by atoms with van der Waals surface area (Å²) in [6.07, 6.45) is 6.17. The van der Waals surface area contributed by atoms with Gasteiger partial charge in [0.1, 0.15) is 5.82 Å². The summed E-state index contributed by atoms with van der Waals surface area (Å²) in [5.41, 5.74) is 3.66. The van der Waals surface area contributed by atoms with Crippen LogP contribution in [0, 0.1) is 0 Å². The lowest BCUT2D eigenvalue weighted by Gasteiger charge is -2.03. The Balaban J connectivity index is 2.31. The van der Waals surface area contributed by atoms with Crippen LogP contribution < -0.4 is 0 Å². The van der Waals surface area contributed by atoms with Crippen molar-refractivity contribution in [2.45, 2.75) is 13.8 Å². The highest BCUT2D eigenvalue weighted by molar-refractivity contribution is 9.10. The van der Waals surface area contributed by atoms with E-state index in [0.29, 0.717) is 0 Å². The molecule has 3 aromatic rings. The quantitative estimate of drug-likeness (QED) is 0.632. The minimum absolute atomic E-state index is 0.938. The van der Waals surface area contributed by atoms with Gasteiger partial charge in [-0.25, -0.2) is 4.98 Å². The fraction of sp³-hybridized carbons (Fsp3) is 0.118. The van der Waals surface area contributed by atoms with Gasteiger partial charge in [-0.1, -0.05) is 33.6 Å². The van der Waals surface area contributed by atoms with Crippen molar-refractivity contribution in [1.29, 1.82) is 0 Å². The van der Waals surface area contributed by atoms with Gasteiger partial charge in [0.05, 0.1) is 5.52 Å². The van der Waals surface area contributed by atoms with E-state index >= 15 is 0 Å². The van der Waals surface area contributed by atoms with Gasteiger partial charge in [0.15, 0.2) is 0 Å². The third-order valence-corrected chi connectivity index (χ3v) is 3.63. The van der Waals surface area contributed by atoms with Crippen LogP contribution in [0.1, 0.15) is 19.4 Å². The Morgan fingerprint density at radius 2 is 2.05 bits per heavy atom. The Kier molecular flexibility index (Phi) is 3.45. The molecule has 0 unspecified atom stereocenters. The van der Waals surface area contributed by atoms with Crippen LogP contribution in [0.3, 0.4) is 0 Å². The van der Waals surface area contributed by atoms with Crippen molar-refractivity contribution in [3.63, 3.8) is 0 Å². The van der Waals surface area contributed by atoms with Gasteiger partial charge in [-0.05, 0) is 44.2 Å². The molecule has 100 valence electrons. The number of rotatable bonds is 2. The summed E-state index contributed by atoms with van der Waals surface area (Å²) < 4.78 is 3.23. The summed E-state index contributed by atoms with van der Waals surface area (Å²) in [5, 5.41) is 1.23. The normalized spacial score (nSPS) is 10.8. The van der Waals surface area contributed by atoms with Crippen LogP contribution in [-0.2, 0) is 0 Å². The van der Waals surface area contributed by atoms with E-state index in [1.807, 2.05) is 24.4 Å². The van der Waals surface area contributed by atoms with Crippen molar-refractivity contribution in [2.24, 2.45) is 0 Å². The average molecular weight is 327 g/mol. The van der Waals surface area contributed by atoms with E-state index < -0.39 is 0 Å². The Hall–Kier alpha value is -1.87. The molecule has 0 fully saturated rings. The van der Waals surface area contributed by atoms with Gasteiger partial charge < -0.3 is 4.57 Å². The number of hydrogen-bond acceptors (Lipinski definition) is 1. The lowest BCUT2D eigenvalue weighted by molar-refractivity contribution is 1.04. The van der Waals surface area contributed by atoms with Gasteiger partial charge in [0, 0.05) is 27.8 Å². The highest BCUT2D eigenvalue weighted by Gasteiger charge is 2.09. The molecule has 0 atom stereocenters. The second kappa shape index (κ2) is 5.25. The van der Waals surface area contributed by atoms with Crippen LogP contribution in [0.5, 0.6) is 0 Å². The van der Waals surface area contributed by atoms with E-state index in [0.717, 1.165) is 10.3 Å². The maximum atomic E-state index is 4.44. The number of allylic oxidation sites excluding steroid dienone is 1. The molecule has 20 heavy (non-hydrogen) atoms. The molecule has 3 rings (SSSR count). The zero-order chi connectivity index (χ0) is 14.1. The minimum Gasteiger partial charge on any atom is -0.301 e. The van der Waals surface area contributed by atoms with Gasteiger partial charge in [0.2, 0.25) is 0 Å². The molecule has 0 aliphatic carbocycles. The first-order chi connectivity index (χ1) is 9.65. The van der Waals surface area contributed by atoms with E-state index in [9.17, 15) is 0 Å². The first kappa shape index (κ1) is 13.1. The van der Waals surface area contributed by atoms with E-state index in [-0.39, 0.29) is 0 Å². The van der Waals surface area contributed by atoms with Crippen molar-refractivity contribution in [2.75, 3.05) is 0 Å². The number of fused-ring (bicyclic) bond motifs is 1. The van der Waals surface area contributed by atoms with Gasteiger partial charge in [-0.2, -0.15) is 0 Å². The smallest absolute Gasteiger partial charge is 0.137 e. The van der Waals surface area contributed by atoms with E-state index in [4.69, 9.17) is 0 Å². The van der Waals surface area contributed by atoms with E-state index in [2.05, 4.69) is 69.8 Å². The third-order valence-electron chi connectivity index (χ3n) is 3.14. The minimum atomic E-state index is 0.938. The van der Waals surface area contributed by atoms with Crippen molar-refractivity contribution < 1.29 is 0 Å². The van der Waals surface area contributed by atoms with Crippen molar-refractivity contribution >= 4 is 32.9 Å². The SMILES string of the molecule is CC(C)=Cc1cn(-c2ccccn2)c2ccc(Br)cc12. The largest absolute Gasteiger partial charge is 0.301 e. The average Bonchev–Trinajstić information content (AvgIpc) is 2.77. The number of aromatic nitrogens is 2. The summed E-state index contributed by atoms with van der Waals surface area (Å²) in [6.45, 7) is 4.23. The molecule has 2 heterocycles. The molecule has 0 saturated heterocycles. The molecule has 0 aliphatic heterocycles. The second-order valence-corrected chi connectivity index (χ2v) is 5.94. The number of halogens is 1. The summed E-state index contributed by atoms with van der Waals surface area (Å²) >= 11 is 3.55. The molecule has 2 aromatic heterocycles. The second-order valence-electron chi connectivity index (χ2n) is 5.03. The highest BCUT2D eigenvalue weighted by Crippen LogP contribution is 2.28. The fourth-order valence-corrected chi connectivity index (χ4v) is 2.70. The van der Waals surface area contributed by atoms with Crippen LogP contribution in [-0.4, -0.2) is 9.55 Å². The predicted molar refractivity (Wildman–Crippen MR) is 88.1 cm³/mol. The van der Waals surface area contributed by atoms with Crippen LogP contribution in [0.4, 0.5) is 0 Å². The number of benzene rings is 1. The molecule has 0 radical (unpaired) electrons. The van der Waals surface area contributed by atoms with Crippen LogP contribution in [0.15, 0.2) is 58.8 Å². The highest BCUT2D eigenvalue weighted by atomic mass is 79.9. The monoisotopic (exact) mass is 326 g/mol. The molecule has 3 heteroatoms. The van der Waals surface area contributed by atoms with Crippen molar-refractivity contribution in [3.8, 4) is 5.82 Å². The zero-order valence-corrected chi connectivity index (χ0v) is 13.1. The fourth-order valence-electron chi connectivity index (χ4n) is 2.34. The maximum Gasteiger partial charge on any atom is 0.137 e. The molecule has 0 spiro atoms. The van der Waals surface area contributed by atoms with Gasteiger partial charge >= 0.3 is 0 Å². The lowest BCUT2D eigenvalue weighted by Crippen LogP contribution is -1.94. The molecule has 0 N–H and O–H groups in total.